The second kappa shape index (κ2) is 8.84. The van der Waals surface area contributed by atoms with Gasteiger partial charge in [0.2, 0.25) is 0 Å². The Labute approximate surface area is 173 Å². The molecule has 7 heteroatoms. The fourth-order valence-corrected chi connectivity index (χ4v) is 3.20. The molecule has 6 nitrogen and oxygen atoms in total. The van der Waals surface area contributed by atoms with Crippen molar-refractivity contribution in [2.45, 2.75) is 19.8 Å². The number of likely N-dealkylation sites (N-methyl/N-ethyl adjacent to an activating group) is 1. The van der Waals surface area contributed by atoms with E-state index in [1.807, 2.05) is 19.1 Å². The van der Waals surface area contributed by atoms with Gasteiger partial charge in [-0.15, -0.1) is 0 Å². The molecule has 1 aliphatic rings. The van der Waals surface area contributed by atoms with E-state index in [1.165, 1.54) is 13.3 Å². The number of aliphatic imine (C=N–C) groups is 1. The maximum atomic E-state index is 12.5. The van der Waals surface area contributed by atoms with Crippen molar-refractivity contribution in [3.05, 3.63) is 75.4 Å². The Bertz CT molecular complexity index is 1040. The number of rotatable bonds is 6. The minimum absolute atomic E-state index is 0.0704. The summed E-state index contributed by atoms with van der Waals surface area (Å²) in [7, 11) is 1.49. The molecule has 1 aliphatic heterocycles. The maximum absolute atomic E-state index is 12.5. The van der Waals surface area contributed by atoms with Gasteiger partial charge in [0.15, 0.2) is 5.78 Å². The number of carbonyl (C=O) groups excluding carboxylic acids is 3. The smallest absolute Gasteiger partial charge is 0.270 e. The number of aryl methyl sites for hydroxylation is 1. The van der Waals surface area contributed by atoms with Crippen molar-refractivity contribution in [2.24, 2.45) is 4.99 Å². The topological polar surface area (TPSA) is 87.6 Å². The summed E-state index contributed by atoms with van der Waals surface area (Å²) in [5, 5.41) is 5.70. The van der Waals surface area contributed by atoms with Gasteiger partial charge in [0.25, 0.3) is 11.8 Å². The normalized spacial score (nSPS) is 12.8. The number of anilines is 1. The molecule has 0 saturated heterocycles. The van der Waals surface area contributed by atoms with E-state index in [1.54, 1.807) is 30.3 Å². The third-order valence-corrected chi connectivity index (χ3v) is 5.09. The second-order valence-electron chi connectivity index (χ2n) is 6.61. The summed E-state index contributed by atoms with van der Waals surface area (Å²) in [6.07, 6.45) is 2.04. The van der Waals surface area contributed by atoms with Crippen LogP contribution in [0.1, 0.15) is 27.9 Å². The molecule has 0 saturated carbocycles. The number of amides is 2. The van der Waals surface area contributed by atoms with E-state index in [9.17, 15) is 14.4 Å². The van der Waals surface area contributed by atoms with E-state index in [-0.39, 0.29) is 23.8 Å². The molecule has 0 fully saturated rings. The molecule has 0 aromatic heterocycles. The molecule has 3 rings (SSSR count). The Morgan fingerprint density at radius 2 is 1.79 bits per heavy atom. The van der Waals surface area contributed by atoms with E-state index < -0.39 is 5.91 Å². The molecule has 0 unspecified atom stereocenters. The summed E-state index contributed by atoms with van der Waals surface area (Å²) in [5.74, 6) is -0.844. The minimum atomic E-state index is -0.396. The Morgan fingerprint density at radius 1 is 1.07 bits per heavy atom. The van der Waals surface area contributed by atoms with E-state index in [0.717, 1.165) is 11.1 Å². The van der Waals surface area contributed by atoms with Gasteiger partial charge in [-0.1, -0.05) is 35.9 Å². The molecule has 29 heavy (non-hydrogen) atoms. The fourth-order valence-electron chi connectivity index (χ4n) is 2.97. The third kappa shape index (κ3) is 4.60. The van der Waals surface area contributed by atoms with Crippen molar-refractivity contribution < 1.29 is 14.4 Å². The molecule has 2 aromatic carbocycles. The van der Waals surface area contributed by atoms with E-state index in [0.29, 0.717) is 28.3 Å². The van der Waals surface area contributed by atoms with Crippen LogP contribution in [0.4, 0.5) is 5.69 Å². The summed E-state index contributed by atoms with van der Waals surface area (Å²) < 4.78 is 0. The van der Waals surface area contributed by atoms with Crippen LogP contribution in [-0.4, -0.2) is 30.9 Å². The molecule has 2 aromatic rings. The maximum Gasteiger partial charge on any atom is 0.270 e. The van der Waals surface area contributed by atoms with Crippen LogP contribution < -0.4 is 10.6 Å². The van der Waals surface area contributed by atoms with Gasteiger partial charge in [0.05, 0.1) is 10.6 Å². The van der Waals surface area contributed by atoms with Gasteiger partial charge in [-0.3, -0.25) is 19.4 Å². The molecule has 1 heterocycles. The molecule has 0 spiro atoms. The number of ketones is 1. The van der Waals surface area contributed by atoms with Crippen LogP contribution >= 0.6 is 11.6 Å². The molecule has 148 valence electrons. The summed E-state index contributed by atoms with van der Waals surface area (Å²) in [6, 6.07) is 12.4. The zero-order valence-electron chi connectivity index (χ0n) is 16.1. The van der Waals surface area contributed by atoms with Crippen LogP contribution in [0.5, 0.6) is 0 Å². The highest BCUT2D eigenvalue weighted by molar-refractivity contribution is 6.34. The van der Waals surface area contributed by atoms with Crippen molar-refractivity contribution >= 4 is 41.1 Å². The number of hydrogen-bond acceptors (Lipinski definition) is 4. The standard InChI is InChI=1S/C22H20ClN3O3/c1-13-4-3-5-16(19(13)23)18(27)12-14-6-8-15(9-7-14)26-21(28)17-10-11-25-20(17)22(29)24-2/h3-9,11H,10,12H2,1-2H3,(H,24,29)(H,26,28). The number of Topliss-reactive ketones (excluding diaryl/α,β-unsaturated/α-hetero) is 1. The van der Waals surface area contributed by atoms with Crippen molar-refractivity contribution in [3.63, 3.8) is 0 Å². The Hall–Kier alpha value is -3.25. The Balaban J connectivity index is 1.68. The minimum Gasteiger partial charge on any atom is -0.354 e. The lowest BCUT2D eigenvalue weighted by Gasteiger charge is -2.09. The first-order valence-electron chi connectivity index (χ1n) is 9.07. The van der Waals surface area contributed by atoms with Gasteiger partial charge >= 0.3 is 0 Å². The monoisotopic (exact) mass is 409 g/mol. The number of nitrogens with zero attached hydrogens (tertiary/aromatic N) is 1. The van der Waals surface area contributed by atoms with Crippen LogP contribution in [0.2, 0.25) is 5.02 Å². The summed E-state index contributed by atoms with van der Waals surface area (Å²) in [5.41, 5.74) is 3.17. The zero-order chi connectivity index (χ0) is 21.0. The molecule has 0 bridgehead atoms. The molecule has 0 radical (unpaired) electrons. The fraction of sp³-hybridized carbons (Fsp3) is 0.182. The predicted octanol–water partition coefficient (Wildman–Crippen LogP) is 3.49. The number of hydrogen-bond donors (Lipinski definition) is 2. The zero-order valence-corrected chi connectivity index (χ0v) is 16.8. The van der Waals surface area contributed by atoms with Crippen molar-refractivity contribution in [1.82, 2.24) is 5.32 Å². The van der Waals surface area contributed by atoms with E-state index in [2.05, 4.69) is 15.6 Å². The van der Waals surface area contributed by atoms with E-state index >= 15 is 0 Å². The molecular weight excluding hydrogens is 390 g/mol. The highest BCUT2D eigenvalue weighted by Crippen LogP contribution is 2.23. The van der Waals surface area contributed by atoms with Crippen LogP contribution in [0, 0.1) is 6.92 Å². The largest absolute Gasteiger partial charge is 0.354 e. The lowest BCUT2D eigenvalue weighted by molar-refractivity contribution is -0.118. The SMILES string of the molecule is CNC(=O)C1=C(C(=O)Nc2ccc(CC(=O)c3cccc(C)c3Cl)cc2)CC=N1. The quantitative estimate of drug-likeness (QED) is 0.716. The molecule has 2 amide bonds. The predicted molar refractivity (Wildman–Crippen MR) is 113 cm³/mol. The van der Waals surface area contributed by atoms with Crippen LogP contribution in [-0.2, 0) is 16.0 Å². The first-order valence-corrected chi connectivity index (χ1v) is 9.45. The molecule has 0 atom stereocenters. The van der Waals surface area contributed by atoms with Crippen molar-refractivity contribution in [2.75, 3.05) is 12.4 Å². The average molecular weight is 410 g/mol. The highest BCUT2D eigenvalue weighted by Gasteiger charge is 2.23. The lowest BCUT2D eigenvalue weighted by atomic mass is 10.0. The number of benzene rings is 2. The van der Waals surface area contributed by atoms with Gasteiger partial charge < -0.3 is 10.6 Å². The molecule has 2 N–H and O–H groups in total. The van der Waals surface area contributed by atoms with Gasteiger partial charge in [-0.25, -0.2) is 0 Å². The molecular formula is C22H20ClN3O3. The molecule has 0 aliphatic carbocycles. The third-order valence-electron chi connectivity index (χ3n) is 4.59. The average Bonchev–Trinajstić information content (AvgIpc) is 3.21. The van der Waals surface area contributed by atoms with Crippen LogP contribution in [0.25, 0.3) is 0 Å². The number of carbonyl (C=O) groups is 3. The van der Waals surface area contributed by atoms with Crippen LogP contribution in [0.15, 0.2) is 58.7 Å². The van der Waals surface area contributed by atoms with Gasteiger partial charge in [0, 0.05) is 37.4 Å². The first kappa shape index (κ1) is 20.5. The lowest BCUT2D eigenvalue weighted by Crippen LogP contribution is -2.23. The van der Waals surface area contributed by atoms with Crippen molar-refractivity contribution in [1.29, 1.82) is 0 Å². The Kier molecular flexibility index (Phi) is 6.24. The Morgan fingerprint density at radius 3 is 2.48 bits per heavy atom. The van der Waals surface area contributed by atoms with Crippen LogP contribution in [0.3, 0.4) is 0 Å². The van der Waals surface area contributed by atoms with Gasteiger partial charge in [-0.05, 0) is 36.2 Å². The van der Waals surface area contributed by atoms with Crippen molar-refractivity contribution in [3.8, 4) is 0 Å². The van der Waals surface area contributed by atoms with Gasteiger partial charge in [-0.2, -0.15) is 0 Å². The summed E-state index contributed by atoms with van der Waals surface area (Å²) >= 11 is 6.23. The number of halogens is 1. The second-order valence-corrected chi connectivity index (χ2v) is 6.99. The highest BCUT2D eigenvalue weighted by atomic mass is 35.5. The van der Waals surface area contributed by atoms with Gasteiger partial charge in [0.1, 0.15) is 5.70 Å². The number of nitrogens with one attached hydrogen (secondary N) is 2. The van der Waals surface area contributed by atoms with E-state index in [4.69, 9.17) is 11.6 Å². The summed E-state index contributed by atoms with van der Waals surface area (Å²) in [6.45, 7) is 1.86. The summed E-state index contributed by atoms with van der Waals surface area (Å²) in [4.78, 5) is 40.8. The first-order chi connectivity index (χ1) is 13.9.